The average molecular weight is 252 g/mol. The van der Waals surface area contributed by atoms with Crippen LogP contribution in [-0.2, 0) is 5.41 Å². The molecule has 0 amide bonds. The van der Waals surface area contributed by atoms with Gasteiger partial charge in [-0.25, -0.2) is 4.39 Å². The van der Waals surface area contributed by atoms with E-state index in [0.717, 1.165) is 10.9 Å². The molecular weight excluding hydrogens is 237 g/mol. The van der Waals surface area contributed by atoms with E-state index in [1.165, 1.54) is 0 Å². The minimum atomic E-state index is -0.367. The molecule has 2 rings (SSSR count). The van der Waals surface area contributed by atoms with Crippen LogP contribution in [0, 0.1) is 5.82 Å². The fourth-order valence-corrected chi connectivity index (χ4v) is 2.17. The number of nitrogen functional groups attached to an aromatic ring is 1. The zero-order valence-electron chi connectivity index (χ0n) is 10.1. The highest BCUT2D eigenvalue weighted by Gasteiger charge is 2.20. The number of hydrogen-bond acceptors (Lipinski definition) is 1. The molecular formula is C14H15ClFN. The maximum Gasteiger partial charge on any atom is 0.149 e. The lowest BCUT2D eigenvalue weighted by atomic mass is 9.83. The summed E-state index contributed by atoms with van der Waals surface area (Å²) in [5.41, 5.74) is 7.20. The van der Waals surface area contributed by atoms with Gasteiger partial charge >= 0.3 is 0 Å². The van der Waals surface area contributed by atoms with Gasteiger partial charge in [0.25, 0.3) is 0 Å². The van der Waals surface area contributed by atoms with Gasteiger partial charge in [0, 0.05) is 11.1 Å². The Labute approximate surface area is 105 Å². The summed E-state index contributed by atoms with van der Waals surface area (Å²) in [6.07, 6.45) is 0. The van der Waals surface area contributed by atoms with Crippen molar-refractivity contribution >= 4 is 28.1 Å². The zero-order valence-corrected chi connectivity index (χ0v) is 10.9. The minimum absolute atomic E-state index is 0.146. The van der Waals surface area contributed by atoms with Crippen molar-refractivity contribution in [3.8, 4) is 0 Å². The highest BCUT2D eigenvalue weighted by Crippen LogP contribution is 2.35. The molecule has 0 aromatic heterocycles. The van der Waals surface area contributed by atoms with Crippen molar-refractivity contribution in [2.45, 2.75) is 26.2 Å². The Kier molecular flexibility index (Phi) is 2.78. The van der Waals surface area contributed by atoms with Crippen LogP contribution in [0.1, 0.15) is 26.3 Å². The zero-order chi connectivity index (χ0) is 12.8. The normalized spacial score (nSPS) is 12.1. The van der Waals surface area contributed by atoms with Crippen LogP contribution in [0.15, 0.2) is 24.3 Å². The molecule has 0 unspecified atom stereocenters. The number of hydrogen-bond donors (Lipinski definition) is 1. The molecule has 0 spiro atoms. The summed E-state index contributed by atoms with van der Waals surface area (Å²) in [5, 5.41) is 1.50. The molecule has 0 bridgehead atoms. The SMILES string of the molecule is CC(C)(C)c1cc(N)cc2ccc(Cl)c(F)c12. The predicted octanol–water partition coefficient (Wildman–Crippen LogP) is 4.51. The van der Waals surface area contributed by atoms with Crippen molar-refractivity contribution in [1.29, 1.82) is 0 Å². The smallest absolute Gasteiger partial charge is 0.149 e. The second-order valence-electron chi connectivity index (χ2n) is 5.28. The van der Waals surface area contributed by atoms with Crippen LogP contribution in [-0.4, -0.2) is 0 Å². The van der Waals surface area contributed by atoms with E-state index in [0.29, 0.717) is 11.1 Å². The summed E-state index contributed by atoms with van der Waals surface area (Å²) in [6.45, 7) is 6.09. The molecule has 0 saturated carbocycles. The molecule has 0 atom stereocenters. The molecule has 0 radical (unpaired) electrons. The first-order valence-electron chi connectivity index (χ1n) is 5.48. The lowest BCUT2D eigenvalue weighted by molar-refractivity contribution is 0.587. The van der Waals surface area contributed by atoms with Crippen molar-refractivity contribution in [1.82, 2.24) is 0 Å². The summed E-state index contributed by atoms with van der Waals surface area (Å²) in [6, 6.07) is 6.95. The third-order valence-corrected chi connectivity index (χ3v) is 3.13. The Bertz CT molecular complexity index is 585. The molecule has 2 aromatic carbocycles. The highest BCUT2D eigenvalue weighted by atomic mass is 35.5. The molecule has 3 heteroatoms. The molecule has 0 aliphatic rings. The molecule has 17 heavy (non-hydrogen) atoms. The number of anilines is 1. The molecule has 0 fully saturated rings. The van der Waals surface area contributed by atoms with Crippen molar-refractivity contribution in [3.63, 3.8) is 0 Å². The highest BCUT2D eigenvalue weighted by molar-refractivity contribution is 6.31. The first-order chi connectivity index (χ1) is 7.80. The third kappa shape index (κ3) is 2.09. The minimum Gasteiger partial charge on any atom is -0.399 e. The standard InChI is InChI=1S/C14H15ClFN/c1-14(2,3)10-7-9(17)6-8-4-5-11(15)13(16)12(8)10/h4-7H,17H2,1-3H3. The Hall–Kier alpha value is -1.28. The van der Waals surface area contributed by atoms with Gasteiger partial charge in [0.15, 0.2) is 0 Å². The molecule has 0 aliphatic heterocycles. The largest absolute Gasteiger partial charge is 0.399 e. The van der Waals surface area contributed by atoms with Crippen LogP contribution in [0.25, 0.3) is 10.8 Å². The maximum absolute atomic E-state index is 14.1. The quantitative estimate of drug-likeness (QED) is 0.685. The van der Waals surface area contributed by atoms with Crippen LogP contribution in [0.3, 0.4) is 0 Å². The van der Waals surface area contributed by atoms with Crippen LogP contribution in [0.5, 0.6) is 0 Å². The van der Waals surface area contributed by atoms with Gasteiger partial charge in [-0.1, -0.05) is 38.4 Å². The van der Waals surface area contributed by atoms with Gasteiger partial charge in [-0.2, -0.15) is 0 Å². The van der Waals surface area contributed by atoms with E-state index in [1.54, 1.807) is 18.2 Å². The molecule has 0 heterocycles. The molecule has 90 valence electrons. The van der Waals surface area contributed by atoms with Gasteiger partial charge in [-0.3, -0.25) is 0 Å². The first-order valence-corrected chi connectivity index (χ1v) is 5.86. The summed E-state index contributed by atoms with van der Waals surface area (Å²) >= 11 is 5.84. The fourth-order valence-electron chi connectivity index (χ4n) is 2.01. The second-order valence-corrected chi connectivity index (χ2v) is 5.69. The number of halogens is 2. The van der Waals surface area contributed by atoms with E-state index in [2.05, 4.69) is 0 Å². The predicted molar refractivity (Wildman–Crippen MR) is 72.0 cm³/mol. The van der Waals surface area contributed by atoms with Crippen molar-refractivity contribution in [2.24, 2.45) is 0 Å². The van der Waals surface area contributed by atoms with E-state index >= 15 is 0 Å². The summed E-state index contributed by atoms with van der Waals surface area (Å²) < 4.78 is 14.1. The van der Waals surface area contributed by atoms with Crippen molar-refractivity contribution in [3.05, 3.63) is 40.7 Å². The van der Waals surface area contributed by atoms with E-state index in [1.807, 2.05) is 26.8 Å². The monoisotopic (exact) mass is 251 g/mol. The van der Waals surface area contributed by atoms with E-state index in [9.17, 15) is 4.39 Å². The van der Waals surface area contributed by atoms with Gasteiger partial charge < -0.3 is 5.73 Å². The fraction of sp³-hybridized carbons (Fsp3) is 0.286. The van der Waals surface area contributed by atoms with Crippen LogP contribution >= 0.6 is 11.6 Å². The van der Waals surface area contributed by atoms with E-state index in [-0.39, 0.29) is 16.3 Å². The first kappa shape index (κ1) is 12.2. The van der Waals surface area contributed by atoms with Crippen LogP contribution in [0.2, 0.25) is 5.02 Å². The molecule has 0 aliphatic carbocycles. The summed E-state index contributed by atoms with van der Waals surface area (Å²) in [4.78, 5) is 0. The Morgan fingerprint density at radius 2 is 1.82 bits per heavy atom. The Morgan fingerprint density at radius 1 is 1.18 bits per heavy atom. The number of rotatable bonds is 0. The van der Waals surface area contributed by atoms with E-state index in [4.69, 9.17) is 17.3 Å². The van der Waals surface area contributed by atoms with Crippen molar-refractivity contribution < 1.29 is 4.39 Å². The number of fused-ring (bicyclic) bond motifs is 1. The third-order valence-electron chi connectivity index (χ3n) is 2.84. The molecule has 2 aromatic rings. The Balaban J connectivity index is 2.95. The van der Waals surface area contributed by atoms with Gasteiger partial charge in [-0.05, 0) is 34.6 Å². The Morgan fingerprint density at radius 3 is 2.41 bits per heavy atom. The maximum atomic E-state index is 14.1. The summed E-state index contributed by atoms with van der Waals surface area (Å²) in [5.74, 6) is -0.367. The van der Waals surface area contributed by atoms with Crippen molar-refractivity contribution in [2.75, 3.05) is 5.73 Å². The second kappa shape index (κ2) is 3.88. The van der Waals surface area contributed by atoms with E-state index < -0.39 is 0 Å². The molecule has 0 saturated heterocycles. The lowest BCUT2D eigenvalue weighted by Gasteiger charge is -2.22. The van der Waals surface area contributed by atoms with Gasteiger partial charge in [0.05, 0.1) is 5.02 Å². The van der Waals surface area contributed by atoms with Gasteiger partial charge in [0.1, 0.15) is 5.82 Å². The molecule has 2 N–H and O–H groups in total. The van der Waals surface area contributed by atoms with Crippen LogP contribution < -0.4 is 5.73 Å². The lowest BCUT2D eigenvalue weighted by Crippen LogP contribution is -2.13. The average Bonchev–Trinajstić information content (AvgIpc) is 2.21. The molecule has 1 nitrogen and oxygen atoms in total. The number of nitrogens with two attached hydrogens (primary N) is 1. The topological polar surface area (TPSA) is 26.0 Å². The van der Waals surface area contributed by atoms with Gasteiger partial charge in [-0.15, -0.1) is 0 Å². The van der Waals surface area contributed by atoms with Gasteiger partial charge in [0.2, 0.25) is 0 Å². The van der Waals surface area contributed by atoms with Crippen LogP contribution in [0.4, 0.5) is 10.1 Å². The number of benzene rings is 2. The summed E-state index contributed by atoms with van der Waals surface area (Å²) in [7, 11) is 0.